The summed E-state index contributed by atoms with van der Waals surface area (Å²) in [6, 6.07) is 11.4. The zero-order valence-electron chi connectivity index (χ0n) is 9.86. The quantitative estimate of drug-likeness (QED) is 0.667. The van der Waals surface area contributed by atoms with Gasteiger partial charge >= 0.3 is 0 Å². The van der Waals surface area contributed by atoms with E-state index in [2.05, 4.69) is 10.2 Å². The van der Waals surface area contributed by atoms with Crippen molar-refractivity contribution in [2.24, 2.45) is 10.2 Å². The van der Waals surface area contributed by atoms with Crippen LogP contribution in [0.3, 0.4) is 0 Å². The van der Waals surface area contributed by atoms with Gasteiger partial charge in [0.2, 0.25) is 0 Å². The molecular formula is C14H11ClN2O2. The average Bonchev–Trinajstić information content (AvgIpc) is 2.40. The van der Waals surface area contributed by atoms with Crippen LogP contribution in [0.25, 0.3) is 0 Å². The third kappa shape index (κ3) is 3.56. The molecule has 0 heterocycles. The molecule has 0 aliphatic carbocycles. The van der Waals surface area contributed by atoms with Crippen molar-refractivity contribution in [3.8, 4) is 11.5 Å². The number of para-hydroxylation sites is 1. The molecule has 0 aromatic heterocycles. The monoisotopic (exact) mass is 274 g/mol. The molecule has 0 unspecified atom stereocenters. The van der Waals surface area contributed by atoms with E-state index in [4.69, 9.17) is 11.6 Å². The van der Waals surface area contributed by atoms with Gasteiger partial charge in [-0.25, -0.2) is 0 Å². The third-order valence-electron chi connectivity index (χ3n) is 2.39. The lowest BCUT2D eigenvalue weighted by atomic mass is 10.2. The summed E-state index contributed by atoms with van der Waals surface area (Å²) >= 11 is 5.80. The molecule has 0 radical (unpaired) electrons. The predicted octanol–water partition coefficient (Wildman–Crippen LogP) is 3.20. The molecule has 0 atom stereocenters. The first-order valence-corrected chi connectivity index (χ1v) is 5.87. The van der Waals surface area contributed by atoms with Gasteiger partial charge in [-0.2, -0.15) is 10.2 Å². The fraction of sp³-hybridized carbons (Fsp3) is 0. The standard InChI is InChI=1S/C14H11ClN2O2/c15-12-5-6-14(19)11(7-12)9-17-16-8-10-3-1-2-4-13(10)18/h1-9,18-19H. The normalized spacial score (nSPS) is 11.4. The molecule has 0 saturated carbocycles. The van der Waals surface area contributed by atoms with Crippen LogP contribution in [0, 0.1) is 0 Å². The van der Waals surface area contributed by atoms with Crippen LogP contribution in [0.5, 0.6) is 11.5 Å². The molecule has 0 aliphatic rings. The Morgan fingerprint density at radius 3 is 2.21 bits per heavy atom. The van der Waals surface area contributed by atoms with Crippen molar-refractivity contribution in [1.29, 1.82) is 0 Å². The second-order valence-corrected chi connectivity index (χ2v) is 4.19. The number of phenols is 2. The van der Waals surface area contributed by atoms with Crippen LogP contribution < -0.4 is 0 Å². The Morgan fingerprint density at radius 2 is 1.47 bits per heavy atom. The van der Waals surface area contributed by atoms with Crippen LogP contribution in [-0.4, -0.2) is 22.6 Å². The SMILES string of the molecule is Oc1ccccc1C=NN=Cc1cc(Cl)ccc1O. The number of hydrogen-bond acceptors (Lipinski definition) is 4. The maximum absolute atomic E-state index is 9.55. The molecule has 2 rings (SSSR count). The Kier molecular flexibility index (Phi) is 4.15. The van der Waals surface area contributed by atoms with Crippen LogP contribution in [0.4, 0.5) is 0 Å². The van der Waals surface area contributed by atoms with Crippen LogP contribution in [-0.2, 0) is 0 Å². The maximum Gasteiger partial charge on any atom is 0.124 e. The minimum Gasteiger partial charge on any atom is -0.507 e. The van der Waals surface area contributed by atoms with Gasteiger partial charge in [0, 0.05) is 16.1 Å². The van der Waals surface area contributed by atoms with Gasteiger partial charge in [0.05, 0.1) is 12.4 Å². The van der Waals surface area contributed by atoms with Crippen molar-refractivity contribution in [2.45, 2.75) is 0 Å². The lowest BCUT2D eigenvalue weighted by Gasteiger charge is -1.97. The molecule has 19 heavy (non-hydrogen) atoms. The Balaban J connectivity index is 2.12. The van der Waals surface area contributed by atoms with Crippen LogP contribution >= 0.6 is 11.6 Å². The van der Waals surface area contributed by atoms with Gasteiger partial charge in [0.1, 0.15) is 11.5 Å². The molecule has 0 bridgehead atoms. The van der Waals surface area contributed by atoms with E-state index < -0.39 is 0 Å². The van der Waals surface area contributed by atoms with Gasteiger partial charge < -0.3 is 10.2 Å². The highest BCUT2D eigenvalue weighted by molar-refractivity contribution is 6.30. The first kappa shape index (κ1) is 13.1. The lowest BCUT2D eigenvalue weighted by molar-refractivity contribution is 0.474. The topological polar surface area (TPSA) is 65.2 Å². The average molecular weight is 275 g/mol. The highest BCUT2D eigenvalue weighted by Gasteiger charge is 1.98. The number of phenolic OH excluding ortho intramolecular Hbond substituents is 2. The van der Waals surface area contributed by atoms with Crippen LogP contribution in [0.2, 0.25) is 5.02 Å². The van der Waals surface area contributed by atoms with Crippen molar-refractivity contribution in [3.63, 3.8) is 0 Å². The lowest BCUT2D eigenvalue weighted by Crippen LogP contribution is -1.83. The zero-order chi connectivity index (χ0) is 13.7. The molecule has 0 spiro atoms. The Bertz CT molecular complexity index is 639. The van der Waals surface area contributed by atoms with E-state index in [0.717, 1.165) is 0 Å². The van der Waals surface area contributed by atoms with E-state index in [1.54, 1.807) is 36.4 Å². The highest BCUT2D eigenvalue weighted by Crippen LogP contribution is 2.19. The molecule has 0 fully saturated rings. The number of halogens is 1. The Labute approximate surface area is 115 Å². The summed E-state index contributed by atoms with van der Waals surface area (Å²) < 4.78 is 0. The van der Waals surface area contributed by atoms with Gasteiger partial charge in [0.25, 0.3) is 0 Å². The predicted molar refractivity (Wildman–Crippen MR) is 76.4 cm³/mol. The van der Waals surface area contributed by atoms with Crippen molar-refractivity contribution < 1.29 is 10.2 Å². The van der Waals surface area contributed by atoms with E-state index in [-0.39, 0.29) is 11.5 Å². The van der Waals surface area contributed by atoms with E-state index in [1.165, 1.54) is 18.5 Å². The Hall–Kier alpha value is -2.33. The van der Waals surface area contributed by atoms with E-state index >= 15 is 0 Å². The first-order chi connectivity index (χ1) is 9.16. The van der Waals surface area contributed by atoms with Crippen molar-refractivity contribution in [3.05, 3.63) is 58.6 Å². The molecule has 0 saturated heterocycles. The smallest absolute Gasteiger partial charge is 0.124 e. The van der Waals surface area contributed by atoms with Crippen LogP contribution in [0.15, 0.2) is 52.7 Å². The summed E-state index contributed by atoms with van der Waals surface area (Å²) in [5.41, 5.74) is 1.04. The molecule has 2 aromatic rings. The fourth-order valence-electron chi connectivity index (χ4n) is 1.42. The van der Waals surface area contributed by atoms with E-state index in [0.29, 0.717) is 16.1 Å². The second-order valence-electron chi connectivity index (χ2n) is 3.75. The molecular weight excluding hydrogens is 264 g/mol. The van der Waals surface area contributed by atoms with Crippen molar-refractivity contribution in [2.75, 3.05) is 0 Å². The number of rotatable bonds is 3. The third-order valence-corrected chi connectivity index (χ3v) is 2.62. The van der Waals surface area contributed by atoms with E-state index in [9.17, 15) is 10.2 Å². The summed E-state index contributed by atoms with van der Waals surface area (Å²) in [4.78, 5) is 0. The Morgan fingerprint density at radius 1 is 0.842 bits per heavy atom. The maximum atomic E-state index is 9.55. The minimum atomic E-state index is 0.0749. The van der Waals surface area contributed by atoms with E-state index in [1.807, 2.05) is 0 Å². The van der Waals surface area contributed by atoms with Gasteiger partial charge in [-0.15, -0.1) is 0 Å². The number of benzene rings is 2. The molecule has 5 heteroatoms. The highest BCUT2D eigenvalue weighted by atomic mass is 35.5. The molecule has 2 aromatic carbocycles. The molecule has 0 amide bonds. The van der Waals surface area contributed by atoms with Gasteiger partial charge in [-0.3, -0.25) is 0 Å². The summed E-state index contributed by atoms with van der Waals surface area (Å²) in [5.74, 6) is 0.206. The summed E-state index contributed by atoms with van der Waals surface area (Å²) in [5, 5.41) is 27.2. The summed E-state index contributed by atoms with van der Waals surface area (Å²) in [6.45, 7) is 0. The summed E-state index contributed by atoms with van der Waals surface area (Å²) in [7, 11) is 0. The molecule has 4 nitrogen and oxygen atoms in total. The second kappa shape index (κ2) is 6.02. The molecule has 0 aliphatic heterocycles. The number of hydrogen-bond donors (Lipinski definition) is 2. The van der Waals surface area contributed by atoms with Gasteiger partial charge in [-0.1, -0.05) is 23.7 Å². The molecule has 2 N–H and O–H groups in total. The fourth-order valence-corrected chi connectivity index (χ4v) is 1.60. The minimum absolute atomic E-state index is 0.0749. The zero-order valence-corrected chi connectivity index (χ0v) is 10.6. The molecule has 96 valence electrons. The van der Waals surface area contributed by atoms with Crippen molar-refractivity contribution in [1.82, 2.24) is 0 Å². The summed E-state index contributed by atoms with van der Waals surface area (Å²) in [6.07, 6.45) is 2.81. The number of aromatic hydroxyl groups is 2. The first-order valence-electron chi connectivity index (χ1n) is 5.50. The van der Waals surface area contributed by atoms with Crippen LogP contribution in [0.1, 0.15) is 11.1 Å². The number of nitrogens with zero attached hydrogens (tertiary/aromatic N) is 2. The largest absolute Gasteiger partial charge is 0.507 e. The van der Waals surface area contributed by atoms with Gasteiger partial charge in [0.15, 0.2) is 0 Å². The van der Waals surface area contributed by atoms with Crippen molar-refractivity contribution >= 4 is 24.0 Å². The van der Waals surface area contributed by atoms with Gasteiger partial charge in [-0.05, 0) is 30.3 Å².